The van der Waals surface area contributed by atoms with E-state index in [1.54, 1.807) is 6.92 Å². The van der Waals surface area contributed by atoms with Crippen molar-refractivity contribution < 1.29 is 28.7 Å². The second-order valence-electron chi connectivity index (χ2n) is 16.0. The highest BCUT2D eigenvalue weighted by atomic mass is 16.6. The Morgan fingerprint density at radius 3 is 2.15 bits per heavy atom. The van der Waals surface area contributed by atoms with Crippen LogP contribution in [-0.4, -0.2) is 71.1 Å². The van der Waals surface area contributed by atoms with Crippen molar-refractivity contribution in [3.63, 3.8) is 0 Å². The zero-order chi connectivity index (χ0) is 38.1. The number of amides is 1. The predicted octanol–water partition coefficient (Wildman–Crippen LogP) is 7.71. The molecule has 2 aliphatic carbocycles. The Morgan fingerprint density at radius 2 is 1.49 bits per heavy atom. The van der Waals surface area contributed by atoms with Gasteiger partial charge in [-0.1, -0.05) is 97.1 Å². The zero-order valence-electron chi connectivity index (χ0n) is 31.8. The maximum absolute atomic E-state index is 14.9. The van der Waals surface area contributed by atoms with Crippen molar-refractivity contribution in [2.45, 2.75) is 94.7 Å². The number of carbonyl (C=O) groups is 4. The lowest BCUT2D eigenvalue weighted by molar-refractivity contribution is -0.144. The Hall–Kier alpha value is -5.08. The summed E-state index contributed by atoms with van der Waals surface area (Å²) in [6.07, 6.45) is 4.82. The third kappa shape index (κ3) is 7.01. The lowest BCUT2D eigenvalue weighted by atomic mass is 9.51. The van der Waals surface area contributed by atoms with Crippen LogP contribution in [0.5, 0.6) is 11.5 Å². The highest BCUT2D eigenvalue weighted by Crippen LogP contribution is 2.64. The number of Topliss-reactive ketones (excluding diaryl/α,β-unsaturated/α-hetero) is 2. The molecule has 284 valence electrons. The maximum Gasteiger partial charge on any atom is 0.308 e. The highest BCUT2D eigenvalue weighted by Gasteiger charge is 2.66. The molecule has 0 aromatic heterocycles. The molecule has 8 heteroatoms. The summed E-state index contributed by atoms with van der Waals surface area (Å²) in [4.78, 5) is 57.2. The van der Waals surface area contributed by atoms with Gasteiger partial charge in [0, 0.05) is 54.8 Å². The van der Waals surface area contributed by atoms with E-state index in [0.717, 1.165) is 48.9 Å². The van der Waals surface area contributed by atoms with E-state index >= 15 is 0 Å². The minimum absolute atomic E-state index is 0.0604. The number of ketones is 2. The summed E-state index contributed by atoms with van der Waals surface area (Å²) in [6, 6.07) is 34.0. The molecule has 0 radical (unpaired) electrons. The lowest BCUT2D eigenvalue weighted by Gasteiger charge is -2.60. The van der Waals surface area contributed by atoms with E-state index in [4.69, 9.17) is 9.47 Å². The van der Waals surface area contributed by atoms with Crippen LogP contribution in [0.4, 0.5) is 0 Å². The molecule has 4 aromatic carbocycles. The number of piperidine rings is 1. The van der Waals surface area contributed by atoms with Crippen LogP contribution in [0.3, 0.4) is 0 Å². The number of unbranched alkanes of at least 4 members (excludes halogenated alkanes) is 1. The van der Waals surface area contributed by atoms with Crippen molar-refractivity contribution in [3.8, 4) is 11.5 Å². The largest absolute Gasteiger partial charge is 0.483 e. The molecule has 1 amide bonds. The molecule has 5 atom stereocenters. The van der Waals surface area contributed by atoms with Crippen molar-refractivity contribution in [3.05, 3.63) is 131 Å². The normalized spacial score (nSPS) is 23.4. The second-order valence-corrected chi connectivity index (χ2v) is 16.0. The molecule has 2 fully saturated rings. The van der Waals surface area contributed by atoms with Crippen molar-refractivity contribution in [2.24, 2.45) is 5.92 Å². The van der Waals surface area contributed by atoms with Crippen molar-refractivity contribution in [1.29, 1.82) is 0 Å². The molecule has 8 rings (SSSR count). The van der Waals surface area contributed by atoms with E-state index < -0.39 is 11.4 Å². The Morgan fingerprint density at radius 1 is 0.836 bits per heavy atom. The van der Waals surface area contributed by atoms with Gasteiger partial charge in [-0.3, -0.25) is 24.1 Å². The lowest BCUT2D eigenvalue weighted by Crippen LogP contribution is -2.69. The Bertz CT molecular complexity index is 2010. The van der Waals surface area contributed by atoms with E-state index in [0.29, 0.717) is 55.8 Å². The van der Waals surface area contributed by atoms with Crippen LogP contribution in [0.25, 0.3) is 0 Å². The molecular formula is C47H50N2O6. The third-order valence-corrected chi connectivity index (χ3v) is 12.7. The van der Waals surface area contributed by atoms with Crippen molar-refractivity contribution in [2.75, 3.05) is 19.6 Å². The van der Waals surface area contributed by atoms with Gasteiger partial charge < -0.3 is 14.4 Å². The molecule has 4 aromatic rings. The van der Waals surface area contributed by atoms with Crippen LogP contribution >= 0.6 is 0 Å². The first-order valence-electron chi connectivity index (χ1n) is 20.0. The topological polar surface area (TPSA) is 93.2 Å². The monoisotopic (exact) mass is 738 g/mol. The van der Waals surface area contributed by atoms with E-state index in [1.165, 1.54) is 12.5 Å². The summed E-state index contributed by atoms with van der Waals surface area (Å²) >= 11 is 0. The van der Waals surface area contributed by atoms with Gasteiger partial charge in [-0.25, -0.2) is 0 Å². The summed E-state index contributed by atoms with van der Waals surface area (Å²) in [6.45, 7) is 4.73. The molecule has 2 heterocycles. The van der Waals surface area contributed by atoms with E-state index in [1.807, 2.05) is 48.5 Å². The van der Waals surface area contributed by atoms with Crippen molar-refractivity contribution in [1.82, 2.24) is 9.80 Å². The highest BCUT2D eigenvalue weighted by molar-refractivity contribution is 5.96. The first-order valence-corrected chi connectivity index (χ1v) is 20.0. The number of ether oxygens (including phenoxy) is 2. The number of hydrogen-bond acceptors (Lipinski definition) is 7. The Balaban J connectivity index is 1.16. The van der Waals surface area contributed by atoms with Gasteiger partial charge in [-0.15, -0.1) is 0 Å². The number of nitrogens with zero attached hydrogens (tertiary/aromatic N) is 2. The minimum Gasteiger partial charge on any atom is -0.483 e. The van der Waals surface area contributed by atoms with Crippen LogP contribution in [0.1, 0.15) is 97.3 Å². The predicted molar refractivity (Wildman–Crippen MR) is 210 cm³/mol. The standard InChI is InChI=1S/C47H50N2O6/c1-31(50)29-48-27-26-47-38-23-24-39(46(47)55-45-42(54-32(2)51)25-22-36(44(45)47)28-40(38)48)49(43(53)21-13-12-20-41(52)35-18-10-5-11-19-35)30-37(33-14-6-3-7-15-33)34-16-8-4-9-17-34/h3-11,14-19,22,25,37-40,46H,12-13,20-21,23-24,26-30H2,1-2H3/t38-,39+,40+,46-,47-/m0/s1. The molecule has 0 unspecified atom stereocenters. The first kappa shape index (κ1) is 36.9. The van der Waals surface area contributed by atoms with E-state index in [9.17, 15) is 19.2 Å². The fourth-order valence-corrected chi connectivity index (χ4v) is 10.5. The minimum atomic E-state index is -0.402. The molecule has 1 saturated heterocycles. The van der Waals surface area contributed by atoms with Gasteiger partial charge in [0.05, 0.1) is 12.6 Å². The SMILES string of the molecule is CC(=O)CN1CC[C@]23c4c5ccc(OC(C)=O)c4O[C@H]2[C@H](N(CC(c2ccccc2)c2ccccc2)C(=O)CCCCC(=O)c2ccccc2)CC[C@H]3[C@H]1C5. The summed E-state index contributed by atoms with van der Waals surface area (Å²) in [5.41, 5.74) is 4.89. The summed E-state index contributed by atoms with van der Waals surface area (Å²) < 4.78 is 13.0. The molecule has 4 aliphatic rings. The third-order valence-electron chi connectivity index (χ3n) is 12.7. The van der Waals surface area contributed by atoms with E-state index in [2.05, 4.69) is 64.4 Å². The van der Waals surface area contributed by atoms with Gasteiger partial charge in [-0.2, -0.15) is 0 Å². The summed E-state index contributed by atoms with van der Waals surface area (Å²) in [7, 11) is 0. The molecule has 8 nitrogen and oxygen atoms in total. The molecule has 2 aliphatic heterocycles. The van der Waals surface area contributed by atoms with Gasteiger partial charge >= 0.3 is 5.97 Å². The number of rotatable bonds is 14. The maximum atomic E-state index is 14.9. The van der Waals surface area contributed by atoms with Crippen LogP contribution < -0.4 is 9.47 Å². The Labute approximate surface area is 323 Å². The fraction of sp³-hybridized carbons (Fsp3) is 0.404. The molecule has 1 saturated carbocycles. The summed E-state index contributed by atoms with van der Waals surface area (Å²) in [5.74, 6) is 1.14. The average Bonchev–Trinajstić information content (AvgIpc) is 3.55. The zero-order valence-corrected chi connectivity index (χ0v) is 31.8. The molecule has 1 spiro atoms. The van der Waals surface area contributed by atoms with Gasteiger partial charge in [0.15, 0.2) is 17.3 Å². The Kier molecular flexibility index (Phi) is 10.4. The second kappa shape index (κ2) is 15.6. The van der Waals surface area contributed by atoms with Crippen LogP contribution in [0.2, 0.25) is 0 Å². The fourth-order valence-electron chi connectivity index (χ4n) is 10.5. The molecule has 2 bridgehead atoms. The molecule has 0 N–H and O–H groups in total. The number of hydrogen-bond donors (Lipinski definition) is 0. The quantitative estimate of drug-likeness (QED) is 0.0567. The molecular weight excluding hydrogens is 689 g/mol. The van der Waals surface area contributed by atoms with Gasteiger partial charge in [-0.05, 0) is 80.7 Å². The van der Waals surface area contributed by atoms with Gasteiger partial charge in [0.2, 0.25) is 5.91 Å². The number of carbonyl (C=O) groups excluding carboxylic acids is 4. The molecule has 55 heavy (non-hydrogen) atoms. The first-order chi connectivity index (χ1) is 26.7. The number of benzene rings is 4. The van der Waals surface area contributed by atoms with Crippen LogP contribution in [-0.2, 0) is 26.2 Å². The van der Waals surface area contributed by atoms with Crippen molar-refractivity contribution >= 4 is 23.4 Å². The van der Waals surface area contributed by atoms with E-state index in [-0.39, 0.29) is 47.5 Å². The smallest absolute Gasteiger partial charge is 0.308 e. The number of likely N-dealkylation sites (tertiary alicyclic amines) is 1. The van der Waals surface area contributed by atoms with Gasteiger partial charge in [0.25, 0.3) is 0 Å². The number of esters is 1. The van der Waals surface area contributed by atoms with Crippen LogP contribution in [0.15, 0.2) is 103 Å². The average molecular weight is 739 g/mol. The van der Waals surface area contributed by atoms with Gasteiger partial charge in [0.1, 0.15) is 11.9 Å². The van der Waals surface area contributed by atoms with Crippen LogP contribution in [0, 0.1) is 5.92 Å². The summed E-state index contributed by atoms with van der Waals surface area (Å²) in [5, 5.41) is 0.